The molecule has 2 N–H and O–H groups in total. The van der Waals surface area contributed by atoms with E-state index < -0.39 is 6.03 Å². The number of fused-ring (bicyclic) bond motifs is 1. The molecule has 0 aliphatic carbocycles. The van der Waals surface area contributed by atoms with Gasteiger partial charge in [-0.25, -0.2) is 4.79 Å². The third kappa shape index (κ3) is 6.05. The molecule has 0 atom stereocenters. The Morgan fingerprint density at radius 1 is 1.14 bits per heavy atom. The minimum absolute atomic E-state index is 0.0485. The maximum Gasteiger partial charge on any atom is 0.315 e. The summed E-state index contributed by atoms with van der Waals surface area (Å²) in [6.45, 7) is 1.98. The van der Waals surface area contributed by atoms with Crippen LogP contribution in [0.3, 0.4) is 0 Å². The van der Waals surface area contributed by atoms with Crippen LogP contribution in [0.5, 0.6) is 0 Å². The average Bonchev–Trinajstić information content (AvgIpc) is 3.20. The molecule has 1 aliphatic heterocycles. The molecule has 4 amide bonds. The molecule has 0 saturated heterocycles. The van der Waals surface area contributed by atoms with Gasteiger partial charge >= 0.3 is 6.03 Å². The van der Waals surface area contributed by atoms with E-state index in [1.807, 2.05) is 41.8 Å². The molecule has 2 aromatic rings. The van der Waals surface area contributed by atoms with E-state index in [9.17, 15) is 14.4 Å². The molecule has 1 aliphatic rings. The van der Waals surface area contributed by atoms with Gasteiger partial charge in [-0.1, -0.05) is 30.3 Å². The van der Waals surface area contributed by atoms with Crippen molar-refractivity contribution in [2.45, 2.75) is 25.9 Å². The van der Waals surface area contributed by atoms with E-state index in [0.717, 1.165) is 12.0 Å². The van der Waals surface area contributed by atoms with Crippen LogP contribution in [0.1, 0.15) is 22.4 Å². The van der Waals surface area contributed by atoms with Crippen LogP contribution in [-0.4, -0.2) is 54.3 Å². The third-order valence-electron chi connectivity index (χ3n) is 4.87. The van der Waals surface area contributed by atoms with E-state index >= 15 is 0 Å². The normalized spacial score (nSPS) is 12.8. The summed E-state index contributed by atoms with van der Waals surface area (Å²) in [7, 11) is 1.74. The van der Waals surface area contributed by atoms with Gasteiger partial charge in [0.05, 0.1) is 6.54 Å². The average molecular weight is 415 g/mol. The Balaban J connectivity index is 1.31. The molecule has 0 fully saturated rings. The van der Waals surface area contributed by atoms with Crippen molar-refractivity contribution in [1.29, 1.82) is 0 Å². The minimum atomic E-state index is -0.440. The van der Waals surface area contributed by atoms with Crippen LogP contribution in [0.2, 0.25) is 0 Å². The Morgan fingerprint density at radius 2 is 1.93 bits per heavy atom. The molecule has 0 bridgehead atoms. The highest BCUT2D eigenvalue weighted by Crippen LogP contribution is 2.23. The lowest BCUT2D eigenvalue weighted by atomic mass is 10.1. The smallest absolute Gasteiger partial charge is 0.315 e. The Bertz CT molecular complexity index is 853. The first-order valence-corrected chi connectivity index (χ1v) is 10.5. The first-order valence-electron chi connectivity index (χ1n) is 9.65. The topological polar surface area (TPSA) is 81.8 Å². The zero-order chi connectivity index (χ0) is 20.6. The molecular formula is C21H26N4O3S. The van der Waals surface area contributed by atoms with Gasteiger partial charge in [0.25, 0.3) is 0 Å². The van der Waals surface area contributed by atoms with Crippen LogP contribution >= 0.6 is 11.3 Å². The molecule has 0 radical (unpaired) electrons. The first kappa shape index (κ1) is 20.9. The number of urea groups is 1. The van der Waals surface area contributed by atoms with Gasteiger partial charge in [0, 0.05) is 44.5 Å². The minimum Gasteiger partial charge on any atom is -0.341 e. The molecule has 2 heterocycles. The fraction of sp³-hybridized carbons (Fsp3) is 0.381. The maximum atomic E-state index is 12.3. The molecule has 29 heavy (non-hydrogen) atoms. The molecule has 1 aromatic carbocycles. The van der Waals surface area contributed by atoms with Crippen molar-refractivity contribution in [1.82, 2.24) is 20.4 Å². The van der Waals surface area contributed by atoms with Gasteiger partial charge < -0.3 is 20.4 Å². The van der Waals surface area contributed by atoms with Crippen molar-refractivity contribution in [3.63, 3.8) is 0 Å². The van der Waals surface area contributed by atoms with Crippen molar-refractivity contribution in [2.24, 2.45) is 0 Å². The number of benzene rings is 1. The maximum absolute atomic E-state index is 12.3. The Kier molecular flexibility index (Phi) is 7.24. The van der Waals surface area contributed by atoms with E-state index in [2.05, 4.69) is 10.6 Å². The molecular weight excluding hydrogens is 388 g/mol. The zero-order valence-electron chi connectivity index (χ0n) is 16.5. The fourth-order valence-corrected chi connectivity index (χ4v) is 4.10. The first-order chi connectivity index (χ1) is 14.0. The van der Waals surface area contributed by atoms with Gasteiger partial charge in [0.2, 0.25) is 11.8 Å². The van der Waals surface area contributed by atoms with Crippen molar-refractivity contribution < 1.29 is 14.4 Å². The quantitative estimate of drug-likeness (QED) is 0.727. The molecule has 0 saturated carbocycles. The lowest BCUT2D eigenvalue weighted by molar-refractivity contribution is -0.131. The number of thiophene rings is 1. The zero-order valence-corrected chi connectivity index (χ0v) is 17.3. The summed E-state index contributed by atoms with van der Waals surface area (Å²) in [6.07, 6.45) is 1.07. The Hall–Kier alpha value is -2.87. The highest BCUT2D eigenvalue weighted by atomic mass is 32.1. The summed E-state index contributed by atoms with van der Waals surface area (Å²) in [6, 6.07) is 11.3. The highest BCUT2D eigenvalue weighted by molar-refractivity contribution is 7.10. The van der Waals surface area contributed by atoms with Gasteiger partial charge in [0.1, 0.15) is 0 Å². The number of carbonyl (C=O) groups is 3. The molecule has 8 heteroatoms. The van der Waals surface area contributed by atoms with Crippen LogP contribution in [0.15, 0.2) is 41.8 Å². The molecule has 3 rings (SSSR count). The summed E-state index contributed by atoms with van der Waals surface area (Å²) in [4.78, 5) is 41.1. The molecule has 0 spiro atoms. The number of hydrogen-bond donors (Lipinski definition) is 2. The second-order valence-electron chi connectivity index (χ2n) is 7.03. The highest BCUT2D eigenvalue weighted by Gasteiger charge is 2.21. The predicted molar refractivity (Wildman–Crippen MR) is 112 cm³/mol. The van der Waals surface area contributed by atoms with Gasteiger partial charge in [-0.2, -0.15) is 0 Å². The van der Waals surface area contributed by atoms with Crippen molar-refractivity contribution >= 4 is 29.2 Å². The second kappa shape index (κ2) is 10.1. The monoisotopic (exact) mass is 414 g/mol. The Morgan fingerprint density at radius 3 is 2.72 bits per heavy atom. The van der Waals surface area contributed by atoms with Crippen molar-refractivity contribution in [3.05, 3.63) is 57.8 Å². The summed E-state index contributed by atoms with van der Waals surface area (Å²) in [5.74, 6) is -0.152. The number of carbonyl (C=O) groups excluding carboxylic acids is 3. The summed E-state index contributed by atoms with van der Waals surface area (Å²) in [5, 5.41) is 7.26. The van der Waals surface area contributed by atoms with Crippen LogP contribution in [0.4, 0.5) is 4.79 Å². The summed E-state index contributed by atoms with van der Waals surface area (Å²) >= 11 is 1.72. The lowest BCUT2D eigenvalue weighted by Crippen LogP contribution is -2.45. The number of rotatable bonds is 7. The fourth-order valence-electron chi connectivity index (χ4n) is 3.21. The van der Waals surface area contributed by atoms with Crippen LogP contribution in [0.25, 0.3) is 0 Å². The van der Waals surface area contributed by atoms with Gasteiger partial charge in [-0.15, -0.1) is 11.3 Å². The van der Waals surface area contributed by atoms with E-state index in [1.165, 1.54) is 10.4 Å². The standard InChI is InChI=1S/C21H26N4O3S/c1-24(14-16-5-3-2-4-6-16)19(26)7-10-22-21(28)23-13-20(27)25-11-8-18-17(15-25)9-12-29-18/h2-6,9,12H,7-8,10-11,13-15H2,1H3,(H2,22,23,28). The van der Waals surface area contributed by atoms with E-state index in [0.29, 0.717) is 19.6 Å². The van der Waals surface area contributed by atoms with Gasteiger partial charge in [-0.05, 0) is 29.0 Å². The largest absolute Gasteiger partial charge is 0.341 e. The third-order valence-corrected chi connectivity index (χ3v) is 5.90. The van der Waals surface area contributed by atoms with E-state index in [1.54, 1.807) is 28.2 Å². The Labute approximate surface area is 174 Å². The molecule has 1 aromatic heterocycles. The molecule has 154 valence electrons. The number of amides is 4. The van der Waals surface area contributed by atoms with Gasteiger partial charge in [0.15, 0.2) is 0 Å². The van der Waals surface area contributed by atoms with Crippen LogP contribution < -0.4 is 10.6 Å². The molecule has 0 unspecified atom stereocenters. The number of nitrogens with one attached hydrogen (secondary N) is 2. The number of hydrogen-bond acceptors (Lipinski definition) is 4. The van der Waals surface area contributed by atoms with Gasteiger partial charge in [-0.3, -0.25) is 9.59 Å². The van der Waals surface area contributed by atoms with Crippen molar-refractivity contribution in [3.8, 4) is 0 Å². The number of nitrogens with zero attached hydrogens (tertiary/aromatic N) is 2. The van der Waals surface area contributed by atoms with Crippen molar-refractivity contribution in [2.75, 3.05) is 26.7 Å². The SMILES string of the molecule is CN(Cc1ccccc1)C(=O)CCNC(=O)NCC(=O)N1CCc2sccc2C1. The summed E-state index contributed by atoms with van der Waals surface area (Å²) < 4.78 is 0. The van der Waals surface area contributed by atoms with Crippen LogP contribution in [-0.2, 0) is 29.1 Å². The predicted octanol–water partition coefficient (Wildman–Crippen LogP) is 1.98. The van der Waals surface area contributed by atoms with E-state index in [-0.39, 0.29) is 31.3 Å². The second-order valence-corrected chi connectivity index (χ2v) is 8.03. The lowest BCUT2D eigenvalue weighted by Gasteiger charge is -2.27. The summed E-state index contributed by atoms with van der Waals surface area (Å²) in [5.41, 5.74) is 2.25. The van der Waals surface area contributed by atoms with Crippen LogP contribution in [0, 0.1) is 0 Å². The molecule has 7 nitrogen and oxygen atoms in total. The van der Waals surface area contributed by atoms with E-state index in [4.69, 9.17) is 0 Å².